The predicted molar refractivity (Wildman–Crippen MR) is 76.5 cm³/mol. The number of carboxylic acids is 1. The van der Waals surface area contributed by atoms with E-state index in [-0.39, 0.29) is 18.6 Å². The first-order valence-corrected chi connectivity index (χ1v) is 6.87. The van der Waals surface area contributed by atoms with Crippen LogP contribution in [0.5, 0.6) is 0 Å². The summed E-state index contributed by atoms with van der Waals surface area (Å²) in [6, 6.07) is 8.00. The lowest BCUT2D eigenvalue weighted by Gasteiger charge is -2.15. The maximum atomic E-state index is 10.5. The Balaban J connectivity index is 1.94. The van der Waals surface area contributed by atoms with Gasteiger partial charge in [-0.3, -0.25) is 4.79 Å². The number of benzene rings is 1. The number of hydrogen-bond donors (Lipinski definition) is 1. The molecule has 2 atom stereocenters. The Morgan fingerprint density at radius 3 is 3.00 bits per heavy atom. The lowest BCUT2D eigenvalue weighted by Crippen LogP contribution is -2.07. The molecule has 1 aromatic rings. The molecule has 1 aliphatic heterocycles. The van der Waals surface area contributed by atoms with E-state index in [9.17, 15) is 4.79 Å². The number of ether oxygens (including phenoxy) is 2. The third-order valence-electron chi connectivity index (χ3n) is 3.19. The molecular formula is C16H20O4. The van der Waals surface area contributed by atoms with Crippen LogP contribution in [0, 0.1) is 0 Å². The fourth-order valence-corrected chi connectivity index (χ4v) is 1.96. The van der Waals surface area contributed by atoms with E-state index in [0.717, 1.165) is 17.7 Å². The van der Waals surface area contributed by atoms with Crippen molar-refractivity contribution < 1.29 is 19.4 Å². The molecule has 1 aromatic carbocycles. The molecule has 0 spiro atoms. The Morgan fingerprint density at radius 2 is 2.30 bits per heavy atom. The Bertz CT molecular complexity index is 477. The summed E-state index contributed by atoms with van der Waals surface area (Å²) in [4.78, 5) is 10.5. The molecule has 0 aromatic heterocycles. The summed E-state index contributed by atoms with van der Waals surface area (Å²) in [5, 5.41) is 8.62. The molecule has 20 heavy (non-hydrogen) atoms. The van der Waals surface area contributed by atoms with Crippen LogP contribution in [0.3, 0.4) is 0 Å². The van der Waals surface area contributed by atoms with Crippen molar-refractivity contribution in [1.82, 2.24) is 0 Å². The molecule has 108 valence electrons. The summed E-state index contributed by atoms with van der Waals surface area (Å²) in [5.74, 6) is -0.774. The maximum Gasteiger partial charge on any atom is 0.303 e. The molecule has 4 nitrogen and oxygen atoms in total. The number of aliphatic carboxylic acids is 1. The lowest BCUT2D eigenvalue weighted by atomic mass is 10.0. The first kappa shape index (κ1) is 14.8. The van der Waals surface area contributed by atoms with E-state index in [1.54, 1.807) is 0 Å². The van der Waals surface area contributed by atoms with Crippen molar-refractivity contribution in [1.29, 1.82) is 0 Å². The minimum absolute atomic E-state index is 0.000441. The Labute approximate surface area is 119 Å². The first-order chi connectivity index (χ1) is 9.66. The molecule has 0 amide bonds. The van der Waals surface area contributed by atoms with Gasteiger partial charge in [0.1, 0.15) is 6.10 Å². The third-order valence-corrected chi connectivity index (χ3v) is 3.19. The average Bonchev–Trinajstić information content (AvgIpc) is 3.25. The van der Waals surface area contributed by atoms with Gasteiger partial charge in [-0.05, 0) is 24.5 Å². The van der Waals surface area contributed by atoms with Gasteiger partial charge in [-0.2, -0.15) is 0 Å². The molecule has 2 rings (SSSR count). The fraction of sp³-hybridized carbons (Fsp3) is 0.438. The van der Waals surface area contributed by atoms with E-state index < -0.39 is 5.97 Å². The highest BCUT2D eigenvalue weighted by Crippen LogP contribution is 2.24. The Hall–Kier alpha value is -1.65. The zero-order valence-corrected chi connectivity index (χ0v) is 11.6. The van der Waals surface area contributed by atoms with Gasteiger partial charge in [0.2, 0.25) is 0 Å². The monoisotopic (exact) mass is 276 g/mol. The standard InChI is InChI=1S/C16H20O4/c1-12(19-10-14-11-20-14)15-8-4-2-6-13(15)7-3-5-9-16(17)18/h2-4,6-8,12,14H,5,9-11H2,1H3,(H,17,18)/t12-,14?/m1/s1. The van der Waals surface area contributed by atoms with Gasteiger partial charge in [-0.15, -0.1) is 0 Å². The molecule has 0 bridgehead atoms. The van der Waals surface area contributed by atoms with Crippen LogP contribution in [-0.2, 0) is 14.3 Å². The molecule has 0 aliphatic carbocycles. The zero-order valence-electron chi connectivity index (χ0n) is 11.6. The van der Waals surface area contributed by atoms with Crippen LogP contribution in [-0.4, -0.2) is 30.4 Å². The second-order valence-corrected chi connectivity index (χ2v) is 4.89. The van der Waals surface area contributed by atoms with Crippen molar-refractivity contribution in [2.24, 2.45) is 0 Å². The predicted octanol–water partition coefficient (Wildman–Crippen LogP) is 3.04. The molecule has 1 N–H and O–H groups in total. The Morgan fingerprint density at radius 1 is 1.55 bits per heavy atom. The highest BCUT2D eigenvalue weighted by atomic mass is 16.6. The topological polar surface area (TPSA) is 59.1 Å². The molecule has 4 heteroatoms. The molecule has 1 unspecified atom stereocenters. The van der Waals surface area contributed by atoms with Gasteiger partial charge in [-0.25, -0.2) is 0 Å². The van der Waals surface area contributed by atoms with Gasteiger partial charge in [0, 0.05) is 6.42 Å². The van der Waals surface area contributed by atoms with E-state index in [4.69, 9.17) is 14.6 Å². The van der Waals surface area contributed by atoms with Gasteiger partial charge in [-0.1, -0.05) is 36.4 Å². The van der Waals surface area contributed by atoms with Crippen LogP contribution < -0.4 is 0 Å². The highest BCUT2D eigenvalue weighted by molar-refractivity contribution is 5.67. The van der Waals surface area contributed by atoms with Crippen molar-refractivity contribution in [3.63, 3.8) is 0 Å². The summed E-state index contributed by atoms with van der Waals surface area (Å²) < 4.78 is 10.9. The molecule has 1 saturated heterocycles. The van der Waals surface area contributed by atoms with Crippen LogP contribution in [0.2, 0.25) is 0 Å². The second-order valence-electron chi connectivity index (χ2n) is 4.89. The van der Waals surface area contributed by atoms with Crippen molar-refractivity contribution in [2.45, 2.75) is 32.0 Å². The normalized spacial score (nSPS) is 19.1. The minimum atomic E-state index is -0.774. The van der Waals surface area contributed by atoms with Crippen LogP contribution in [0.25, 0.3) is 6.08 Å². The van der Waals surface area contributed by atoms with Crippen molar-refractivity contribution >= 4 is 12.0 Å². The molecule has 1 heterocycles. The minimum Gasteiger partial charge on any atom is -0.481 e. The molecule has 0 radical (unpaired) electrons. The highest BCUT2D eigenvalue weighted by Gasteiger charge is 2.23. The summed E-state index contributed by atoms with van der Waals surface area (Å²) in [6.07, 6.45) is 4.81. The summed E-state index contributed by atoms with van der Waals surface area (Å²) >= 11 is 0. The summed E-state index contributed by atoms with van der Waals surface area (Å²) in [5.41, 5.74) is 2.18. The fourth-order valence-electron chi connectivity index (χ4n) is 1.96. The van der Waals surface area contributed by atoms with Crippen LogP contribution >= 0.6 is 0 Å². The van der Waals surface area contributed by atoms with E-state index in [1.165, 1.54) is 0 Å². The summed E-state index contributed by atoms with van der Waals surface area (Å²) in [6.45, 7) is 3.44. The van der Waals surface area contributed by atoms with E-state index in [0.29, 0.717) is 13.0 Å². The first-order valence-electron chi connectivity index (χ1n) is 6.87. The SMILES string of the molecule is C[C@@H](OCC1CO1)c1ccccc1C=CCCC(=O)O. The van der Waals surface area contributed by atoms with Gasteiger partial charge in [0.05, 0.1) is 19.3 Å². The number of hydrogen-bond acceptors (Lipinski definition) is 3. The molecule has 1 aliphatic rings. The van der Waals surface area contributed by atoms with E-state index >= 15 is 0 Å². The van der Waals surface area contributed by atoms with Crippen molar-refractivity contribution in [3.8, 4) is 0 Å². The molecular weight excluding hydrogens is 256 g/mol. The quantitative estimate of drug-likeness (QED) is 0.741. The summed E-state index contributed by atoms with van der Waals surface area (Å²) in [7, 11) is 0. The number of allylic oxidation sites excluding steroid dienone is 1. The molecule has 1 fully saturated rings. The van der Waals surface area contributed by atoms with Gasteiger partial charge in [0.15, 0.2) is 0 Å². The lowest BCUT2D eigenvalue weighted by molar-refractivity contribution is -0.136. The number of rotatable bonds is 8. The molecule has 0 saturated carbocycles. The largest absolute Gasteiger partial charge is 0.481 e. The smallest absolute Gasteiger partial charge is 0.303 e. The zero-order chi connectivity index (χ0) is 14.4. The number of carbonyl (C=O) groups is 1. The van der Waals surface area contributed by atoms with Crippen molar-refractivity contribution in [2.75, 3.05) is 13.2 Å². The maximum absolute atomic E-state index is 10.5. The Kier molecular flexibility index (Phi) is 5.32. The average molecular weight is 276 g/mol. The third kappa shape index (κ3) is 4.79. The van der Waals surface area contributed by atoms with Crippen molar-refractivity contribution in [3.05, 3.63) is 41.5 Å². The van der Waals surface area contributed by atoms with E-state index in [1.807, 2.05) is 43.3 Å². The number of carboxylic acid groups (broad SMARTS) is 1. The van der Waals surface area contributed by atoms with Gasteiger partial charge < -0.3 is 14.6 Å². The van der Waals surface area contributed by atoms with E-state index in [2.05, 4.69) is 0 Å². The van der Waals surface area contributed by atoms with Crippen LogP contribution in [0.4, 0.5) is 0 Å². The second kappa shape index (κ2) is 7.22. The van der Waals surface area contributed by atoms with Crippen LogP contribution in [0.1, 0.15) is 37.0 Å². The van der Waals surface area contributed by atoms with Gasteiger partial charge in [0.25, 0.3) is 0 Å². The van der Waals surface area contributed by atoms with Crippen LogP contribution in [0.15, 0.2) is 30.3 Å². The van der Waals surface area contributed by atoms with Gasteiger partial charge >= 0.3 is 5.97 Å². The number of epoxide rings is 1.